The first-order chi connectivity index (χ1) is 11.0. The molecular formula is C16H11Br2Cl2N3. The molecule has 1 aromatic heterocycles. The molecule has 0 bridgehead atoms. The first kappa shape index (κ1) is 17.0. The van der Waals surface area contributed by atoms with E-state index in [1.54, 1.807) is 6.33 Å². The van der Waals surface area contributed by atoms with Gasteiger partial charge in [-0.25, -0.2) is 4.98 Å². The van der Waals surface area contributed by atoms with Crippen molar-refractivity contribution >= 4 is 78.0 Å². The minimum absolute atomic E-state index is 0.715. The summed E-state index contributed by atoms with van der Waals surface area (Å²) in [7, 11) is 1.92. The molecule has 3 aromatic rings. The summed E-state index contributed by atoms with van der Waals surface area (Å²) in [6.45, 7) is 0. The van der Waals surface area contributed by atoms with Gasteiger partial charge in [0.25, 0.3) is 0 Å². The van der Waals surface area contributed by atoms with Crippen LogP contribution in [-0.4, -0.2) is 15.8 Å². The van der Waals surface area contributed by atoms with E-state index in [0.29, 0.717) is 5.02 Å². The van der Waals surface area contributed by atoms with Gasteiger partial charge in [0.15, 0.2) is 0 Å². The summed E-state index contributed by atoms with van der Waals surface area (Å²) in [5, 5.41) is 1.43. The predicted molar refractivity (Wildman–Crippen MR) is 104 cm³/mol. The lowest BCUT2D eigenvalue weighted by Crippen LogP contribution is -1.84. The van der Waals surface area contributed by atoms with Gasteiger partial charge in [0, 0.05) is 28.6 Å². The van der Waals surface area contributed by atoms with Crippen LogP contribution in [0, 0.1) is 0 Å². The molecule has 0 unspecified atom stereocenters. The number of aromatic nitrogens is 2. The van der Waals surface area contributed by atoms with E-state index in [9.17, 15) is 0 Å². The van der Waals surface area contributed by atoms with Crippen LogP contribution in [0.2, 0.25) is 10.0 Å². The van der Waals surface area contributed by atoms with Gasteiger partial charge in [0.2, 0.25) is 0 Å². The average Bonchev–Trinajstić information content (AvgIpc) is 3.15. The molecule has 0 amide bonds. The number of rotatable bonds is 0. The van der Waals surface area contributed by atoms with Crippen molar-refractivity contribution in [3.05, 3.63) is 55.1 Å². The van der Waals surface area contributed by atoms with Crippen molar-refractivity contribution in [1.82, 2.24) is 9.55 Å². The van der Waals surface area contributed by atoms with Crippen molar-refractivity contribution in [3.63, 3.8) is 0 Å². The van der Waals surface area contributed by atoms with Crippen molar-refractivity contribution in [1.29, 1.82) is 0 Å². The molecule has 23 heavy (non-hydrogen) atoms. The van der Waals surface area contributed by atoms with Crippen LogP contribution < -0.4 is 0 Å². The predicted octanol–water partition coefficient (Wildman–Crippen LogP) is 6.35. The van der Waals surface area contributed by atoms with Gasteiger partial charge >= 0.3 is 0 Å². The van der Waals surface area contributed by atoms with E-state index in [1.807, 2.05) is 42.1 Å². The van der Waals surface area contributed by atoms with Crippen LogP contribution in [0.15, 0.2) is 44.5 Å². The zero-order valence-electron chi connectivity index (χ0n) is 12.0. The van der Waals surface area contributed by atoms with E-state index >= 15 is 0 Å². The molecule has 4 rings (SSSR count). The fourth-order valence-electron chi connectivity index (χ4n) is 2.30. The maximum absolute atomic E-state index is 6.06. The Balaban J connectivity index is 0.000000136. The number of aliphatic imine (C=N–C) groups is 1. The number of hydrogen-bond donors (Lipinski definition) is 0. The Labute approximate surface area is 160 Å². The van der Waals surface area contributed by atoms with E-state index in [4.69, 9.17) is 23.2 Å². The molecule has 2 heterocycles. The quantitative estimate of drug-likeness (QED) is 0.372. The molecule has 1 aliphatic rings. The molecule has 0 saturated carbocycles. The molecule has 0 fully saturated rings. The van der Waals surface area contributed by atoms with Crippen LogP contribution in [0.25, 0.3) is 11.0 Å². The minimum atomic E-state index is 0.715. The minimum Gasteiger partial charge on any atom is -0.332 e. The maximum Gasteiger partial charge on any atom is 0.0956 e. The number of aryl methyl sites for hydroxylation is 1. The summed E-state index contributed by atoms with van der Waals surface area (Å²) in [4.78, 5) is 8.35. The fourth-order valence-corrected chi connectivity index (χ4v) is 3.46. The first-order valence-electron chi connectivity index (χ1n) is 6.73. The third-order valence-electron chi connectivity index (χ3n) is 3.45. The van der Waals surface area contributed by atoms with Crippen LogP contribution in [0.1, 0.15) is 5.56 Å². The second-order valence-corrected chi connectivity index (χ2v) is 7.43. The Morgan fingerprint density at radius 2 is 1.74 bits per heavy atom. The Morgan fingerprint density at radius 1 is 1.04 bits per heavy atom. The van der Waals surface area contributed by atoms with Gasteiger partial charge in [-0.15, -0.1) is 0 Å². The highest BCUT2D eigenvalue weighted by Crippen LogP contribution is 2.37. The lowest BCUT2D eigenvalue weighted by Gasteiger charge is -2.00. The smallest absolute Gasteiger partial charge is 0.0956 e. The molecule has 0 radical (unpaired) electrons. The lowest BCUT2D eigenvalue weighted by molar-refractivity contribution is 0.947. The van der Waals surface area contributed by atoms with Gasteiger partial charge in [0.05, 0.1) is 33.1 Å². The van der Waals surface area contributed by atoms with Gasteiger partial charge < -0.3 is 4.57 Å². The van der Waals surface area contributed by atoms with Crippen LogP contribution >= 0.6 is 55.1 Å². The summed E-state index contributed by atoms with van der Waals surface area (Å²) in [5.74, 6) is 0. The summed E-state index contributed by atoms with van der Waals surface area (Å²) < 4.78 is 3.72. The SMILES string of the molecule is Clc1c(Br)ccc2c1N=CC2.Cn1cnc2ccc(Br)c(Cl)c21. The monoisotopic (exact) mass is 473 g/mol. The largest absolute Gasteiger partial charge is 0.332 e. The van der Waals surface area contributed by atoms with Crippen LogP contribution in [-0.2, 0) is 13.5 Å². The van der Waals surface area contributed by atoms with Crippen LogP contribution in [0.5, 0.6) is 0 Å². The molecule has 0 saturated heterocycles. The zero-order chi connectivity index (χ0) is 16.6. The molecule has 118 valence electrons. The number of halogens is 4. The Kier molecular flexibility index (Phi) is 5.11. The molecule has 0 spiro atoms. The first-order valence-corrected chi connectivity index (χ1v) is 9.07. The summed E-state index contributed by atoms with van der Waals surface area (Å²) in [5.41, 5.74) is 4.01. The number of fused-ring (bicyclic) bond motifs is 2. The molecule has 0 N–H and O–H groups in total. The summed E-state index contributed by atoms with van der Waals surface area (Å²) >= 11 is 18.7. The van der Waals surface area contributed by atoms with Crippen molar-refractivity contribution in [2.75, 3.05) is 0 Å². The van der Waals surface area contributed by atoms with Gasteiger partial charge in [-0.1, -0.05) is 29.3 Å². The molecule has 0 aliphatic carbocycles. The molecular weight excluding hydrogens is 465 g/mol. The number of benzene rings is 2. The van der Waals surface area contributed by atoms with E-state index in [-0.39, 0.29) is 0 Å². The summed E-state index contributed by atoms with van der Waals surface area (Å²) in [6.07, 6.45) is 4.54. The Hall–Kier alpha value is -0.880. The van der Waals surface area contributed by atoms with Crippen LogP contribution in [0.3, 0.4) is 0 Å². The standard InChI is InChI=1S/C8H6BrClN2.C8H5BrClN/c1-12-4-11-6-3-2-5(9)7(10)8(6)12;9-6-2-1-5-3-4-11-8(5)7(6)10/h2-4H,1H3;1-2,4H,3H2. The van der Waals surface area contributed by atoms with E-state index < -0.39 is 0 Å². The van der Waals surface area contributed by atoms with Gasteiger partial charge in [-0.2, -0.15) is 0 Å². The molecule has 3 nitrogen and oxygen atoms in total. The third kappa shape index (κ3) is 3.33. The van der Waals surface area contributed by atoms with Crippen molar-refractivity contribution in [2.24, 2.45) is 12.0 Å². The second-order valence-electron chi connectivity index (χ2n) is 4.97. The highest BCUT2D eigenvalue weighted by Gasteiger charge is 2.11. The van der Waals surface area contributed by atoms with E-state index in [2.05, 4.69) is 41.8 Å². The molecule has 2 aromatic carbocycles. The Bertz CT molecular complexity index is 919. The van der Waals surface area contributed by atoms with Gasteiger partial charge in [-0.05, 0) is 55.6 Å². The second kappa shape index (κ2) is 6.93. The van der Waals surface area contributed by atoms with E-state index in [0.717, 1.165) is 37.1 Å². The molecule has 7 heteroatoms. The highest BCUT2D eigenvalue weighted by molar-refractivity contribution is 9.10. The summed E-state index contributed by atoms with van der Waals surface area (Å²) in [6, 6.07) is 7.83. The number of imidazole rings is 1. The van der Waals surface area contributed by atoms with Crippen LogP contribution in [0.4, 0.5) is 5.69 Å². The normalized spacial score (nSPS) is 12.2. The fraction of sp³-hybridized carbons (Fsp3) is 0.125. The lowest BCUT2D eigenvalue weighted by atomic mass is 10.2. The molecule has 1 aliphatic heterocycles. The van der Waals surface area contributed by atoms with Gasteiger partial charge in [-0.3, -0.25) is 4.99 Å². The Morgan fingerprint density at radius 3 is 2.52 bits per heavy atom. The zero-order valence-corrected chi connectivity index (χ0v) is 16.7. The average molecular weight is 476 g/mol. The molecule has 0 atom stereocenters. The maximum atomic E-state index is 6.06. The van der Waals surface area contributed by atoms with Gasteiger partial charge in [0.1, 0.15) is 0 Å². The topological polar surface area (TPSA) is 30.2 Å². The van der Waals surface area contributed by atoms with Crippen molar-refractivity contribution in [3.8, 4) is 0 Å². The number of nitrogens with zero attached hydrogens (tertiary/aromatic N) is 3. The van der Waals surface area contributed by atoms with E-state index in [1.165, 1.54) is 5.56 Å². The highest BCUT2D eigenvalue weighted by atomic mass is 79.9. The van der Waals surface area contributed by atoms with Crippen molar-refractivity contribution in [2.45, 2.75) is 6.42 Å². The van der Waals surface area contributed by atoms with Crippen molar-refractivity contribution < 1.29 is 0 Å². The number of hydrogen-bond acceptors (Lipinski definition) is 2. The third-order valence-corrected chi connectivity index (χ3v) is 6.00.